The van der Waals surface area contributed by atoms with E-state index in [1.54, 1.807) is 24.5 Å². The Bertz CT molecular complexity index is 548. The minimum Gasteiger partial charge on any atom is -0.489 e. The number of benzene rings is 1. The maximum absolute atomic E-state index is 13.0. The fourth-order valence-electron chi connectivity index (χ4n) is 1.47. The molecule has 0 saturated heterocycles. The molecule has 0 unspecified atom stereocenters. The van der Waals surface area contributed by atoms with E-state index in [9.17, 15) is 4.39 Å². The van der Waals surface area contributed by atoms with Gasteiger partial charge in [-0.15, -0.1) is 11.6 Å². The standard InChI is InChI=1S/C13H10Cl2FNO/c14-6-10-5-11(16)1-2-13(10)18-8-9-3-4-17-7-12(9)15/h1-5,7H,6,8H2. The first-order valence-corrected chi connectivity index (χ1v) is 6.17. The number of halogens is 3. The van der Waals surface area contributed by atoms with Gasteiger partial charge in [0.2, 0.25) is 0 Å². The molecule has 2 nitrogen and oxygen atoms in total. The normalized spacial score (nSPS) is 10.4. The summed E-state index contributed by atoms with van der Waals surface area (Å²) in [7, 11) is 0. The molecule has 1 heterocycles. The van der Waals surface area contributed by atoms with Crippen LogP contribution < -0.4 is 4.74 Å². The minimum absolute atomic E-state index is 0.192. The molecule has 2 rings (SSSR count). The lowest BCUT2D eigenvalue weighted by Gasteiger charge is -2.10. The zero-order valence-corrected chi connectivity index (χ0v) is 10.9. The lowest BCUT2D eigenvalue weighted by molar-refractivity contribution is 0.303. The van der Waals surface area contributed by atoms with Crippen LogP contribution in [0.1, 0.15) is 11.1 Å². The Morgan fingerprint density at radius 3 is 2.78 bits per heavy atom. The third-order valence-corrected chi connectivity index (χ3v) is 3.03. The maximum atomic E-state index is 13.0. The van der Waals surface area contributed by atoms with Gasteiger partial charge in [0.1, 0.15) is 18.2 Å². The first kappa shape index (κ1) is 13.1. The van der Waals surface area contributed by atoms with Crippen LogP contribution in [-0.4, -0.2) is 4.98 Å². The lowest BCUT2D eigenvalue weighted by atomic mass is 10.2. The summed E-state index contributed by atoms with van der Waals surface area (Å²) in [6.45, 7) is 0.289. The molecule has 18 heavy (non-hydrogen) atoms. The number of hydrogen-bond donors (Lipinski definition) is 0. The monoisotopic (exact) mass is 285 g/mol. The van der Waals surface area contributed by atoms with Gasteiger partial charge in [0.25, 0.3) is 0 Å². The first-order chi connectivity index (χ1) is 8.70. The highest BCUT2D eigenvalue weighted by atomic mass is 35.5. The molecule has 2 aromatic rings. The highest BCUT2D eigenvalue weighted by Gasteiger charge is 2.06. The summed E-state index contributed by atoms with van der Waals surface area (Å²) in [4.78, 5) is 3.89. The minimum atomic E-state index is -0.333. The van der Waals surface area contributed by atoms with E-state index in [-0.39, 0.29) is 18.3 Å². The summed E-state index contributed by atoms with van der Waals surface area (Å²) in [5, 5.41) is 0.534. The van der Waals surface area contributed by atoms with Gasteiger partial charge in [0.15, 0.2) is 0 Å². The summed E-state index contributed by atoms with van der Waals surface area (Å²) < 4.78 is 18.6. The van der Waals surface area contributed by atoms with Crippen LogP contribution in [0.25, 0.3) is 0 Å². The number of alkyl halides is 1. The van der Waals surface area contributed by atoms with E-state index in [1.807, 2.05) is 0 Å². The molecule has 94 valence electrons. The van der Waals surface area contributed by atoms with E-state index < -0.39 is 0 Å². The molecular weight excluding hydrogens is 276 g/mol. The number of pyridine rings is 1. The van der Waals surface area contributed by atoms with Gasteiger partial charge in [0.05, 0.1) is 10.9 Å². The van der Waals surface area contributed by atoms with E-state index in [2.05, 4.69) is 4.98 Å². The molecule has 0 fully saturated rings. The second kappa shape index (κ2) is 6.03. The molecule has 0 saturated carbocycles. The predicted molar refractivity (Wildman–Crippen MR) is 69.5 cm³/mol. The predicted octanol–water partition coefficient (Wildman–Crippen LogP) is 4.19. The van der Waals surface area contributed by atoms with Crippen LogP contribution >= 0.6 is 23.2 Å². The fourth-order valence-corrected chi connectivity index (χ4v) is 1.85. The van der Waals surface area contributed by atoms with Crippen molar-refractivity contribution in [1.82, 2.24) is 4.98 Å². The molecule has 0 aliphatic rings. The Balaban J connectivity index is 2.13. The van der Waals surface area contributed by atoms with Crippen molar-refractivity contribution in [2.45, 2.75) is 12.5 Å². The molecule has 1 aromatic carbocycles. The molecule has 1 aromatic heterocycles. The van der Waals surface area contributed by atoms with Crippen LogP contribution in [0, 0.1) is 5.82 Å². The molecule has 0 atom stereocenters. The van der Waals surface area contributed by atoms with Gasteiger partial charge in [-0.05, 0) is 24.3 Å². The summed E-state index contributed by atoms with van der Waals surface area (Å²) in [6.07, 6.45) is 3.19. The molecule has 5 heteroatoms. The topological polar surface area (TPSA) is 22.1 Å². The lowest BCUT2D eigenvalue weighted by Crippen LogP contribution is -1.99. The Kier molecular flexibility index (Phi) is 4.39. The average Bonchev–Trinajstić information content (AvgIpc) is 2.39. The third-order valence-electron chi connectivity index (χ3n) is 2.41. The Hall–Kier alpha value is -1.32. The molecule has 0 N–H and O–H groups in total. The highest BCUT2D eigenvalue weighted by molar-refractivity contribution is 6.31. The van der Waals surface area contributed by atoms with Crippen molar-refractivity contribution in [3.8, 4) is 5.75 Å². The van der Waals surface area contributed by atoms with Gasteiger partial charge in [0, 0.05) is 23.5 Å². The third kappa shape index (κ3) is 3.12. The van der Waals surface area contributed by atoms with Crippen molar-refractivity contribution in [2.24, 2.45) is 0 Å². The summed E-state index contributed by atoms with van der Waals surface area (Å²) >= 11 is 11.7. The molecule has 0 spiro atoms. The average molecular weight is 286 g/mol. The van der Waals surface area contributed by atoms with Gasteiger partial charge in [-0.1, -0.05) is 11.6 Å². The van der Waals surface area contributed by atoms with E-state index >= 15 is 0 Å². The SMILES string of the molecule is Fc1ccc(OCc2ccncc2Cl)c(CCl)c1. The Labute approximate surface area is 114 Å². The number of hydrogen-bond acceptors (Lipinski definition) is 2. The van der Waals surface area contributed by atoms with Crippen molar-refractivity contribution >= 4 is 23.2 Å². The van der Waals surface area contributed by atoms with Crippen molar-refractivity contribution in [3.05, 3.63) is 58.6 Å². The quantitative estimate of drug-likeness (QED) is 0.786. The van der Waals surface area contributed by atoms with Gasteiger partial charge >= 0.3 is 0 Å². The van der Waals surface area contributed by atoms with Crippen LogP contribution in [0.5, 0.6) is 5.75 Å². The Morgan fingerprint density at radius 1 is 1.22 bits per heavy atom. The molecule has 0 radical (unpaired) electrons. The van der Waals surface area contributed by atoms with Crippen LogP contribution in [0.3, 0.4) is 0 Å². The van der Waals surface area contributed by atoms with Gasteiger partial charge < -0.3 is 4.74 Å². The van der Waals surface area contributed by atoms with E-state index in [0.717, 1.165) is 5.56 Å². The highest BCUT2D eigenvalue weighted by Crippen LogP contribution is 2.23. The summed E-state index contributed by atoms with van der Waals surface area (Å²) in [6, 6.07) is 6.02. The zero-order chi connectivity index (χ0) is 13.0. The zero-order valence-electron chi connectivity index (χ0n) is 9.37. The molecule has 0 bridgehead atoms. The number of nitrogens with zero attached hydrogens (tertiary/aromatic N) is 1. The summed E-state index contributed by atoms with van der Waals surface area (Å²) in [5.41, 5.74) is 1.43. The molecular formula is C13H10Cl2FNO. The van der Waals surface area contributed by atoms with E-state index in [0.29, 0.717) is 16.3 Å². The van der Waals surface area contributed by atoms with Crippen molar-refractivity contribution < 1.29 is 9.13 Å². The Morgan fingerprint density at radius 2 is 2.06 bits per heavy atom. The smallest absolute Gasteiger partial charge is 0.124 e. The summed E-state index contributed by atoms with van der Waals surface area (Å²) in [5.74, 6) is 0.413. The maximum Gasteiger partial charge on any atom is 0.124 e. The largest absolute Gasteiger partial charge is 0.489 e. The van der Waals surface area contributed by atoms with E-state index in [1.165, 1.54) is 12.1 Å². The van der Waals surface area contributed by atoms with E-state index in [4.69, 9.17) is 27.9 Å². The fraction of sp³-hybridized carbons (Fsp3) is 0.154. The second-order valence-corrected chi connectivity index (χ2v) is 4.32. The van der Waals surface area contributed by atoms with Crippen molar-refractivity contribution in [2.75, 3.05) is 0 Å². The van der Waals surface area contributed by atoms with Crippen LogP contribution in [0.4, 0.5) is 4.39 Å². The van der Waals surface area contributed by atoms with Crippen LogP contribution in [0.15, 0.2) is 36.7 Å². The van der Waals surface area contributed by atoms with Gasteiger partial charge in [-0.25, -0.2) is 4.39 Å². The molecule has 0 aliphatic carbocycles. The molecule has 0 aliphatic heterocycles. The van der Waals surface area contributed by atoms with Crippen molar-refractivity contribution in [3.63, 3.8) is 0 Å². The number of rotatable bonds is 4. The number of ether oxygens (including phenoxy) is 1. The van der Waals surface area contributed by atoms with Crippen LogP contribution in [-0.2, 0) is 12.5 Å². The van der Waals surface area contributed by atoms with Gasteiger partial charge in [-0.3, -0.25) is 4.98 Å². The number of aromatic nitrogens is 1. The first-order valence-electron chi connectivity index (χ1n) is 5.26. The molecule has 0 amide bonds. The van der Waals surface area contributed by atoms with Crippen molar-refractivity contribution in [1.29, 1.82) is 0 Å². The second-order valence-electron chi connectivity index (χ2n) is 3.64. The van der Waals surface area contributed by atoms with Crippen LogP contribution in [0.2, 0.25) is 5.02 Å². The van der Waals surface area contributed by atoms with Gasteiger partial charge in [-0.2, -0.15) is 0 Å².